The van der Waals surface area contributed by atoms with Crippen molar-refractivity contribution in [2.75, 3.05) is 24.1 Å². The highest BCUT2D eigenvalue weighted by atomic mass is 35.5. The van der Waals surface area contributed by atoms with Crippen LogP contribution in [0.25, 0.3) is 10.8 Å². The Bertz CT molecular complexity index is 1490. The zero-order valence-corrected chi connectivity index (χ0v) is 22.7. The topological polar surface area (TPSA) is 168 Å². The molecule has 0 bridgehead atoms. The number of carbonyl (C=O) groups excluding carboxylic acids is 1. The normalized spacial score (nSPS) is 19.0. The van der Waals surface area contributed by atoms with Gasteiger partial charge in [0.15, 0.2) is 9.34 Å². The second-order valence-corrected chi connectivity index (χ2v) is 13.0. The minimum Gasteiger partial charge on any atom is -0.480 e. The van der Waals surface area contributed by atoms with E-state index in [-0.39, 0.29) is 23.6 Å². The summed E-state index contributed by atoms with van der Waals surface area (Å²) in [4.78, 5) is 34.7. The third kappa shape index (κ3) is 5.41. The number of carboxylic acids is 1. The van der Waals surface area contributed by atoms with E-state index in [0.717, 1.165) is 36.1 Å². The number of aromatic nitrogens is 2. The molecule has 2 fully saturated rings. The van der Waals surface area contributed by atoms with Gasteiger partial charge >= 0.3 is 5.97 Å². The van der Waals surface area contributed by atoms with Crippen molar-refractivity contribution in [3.63, 3.8) is 0 Å². The van der Waals surface area contributed by atoms with E-state index < -0.39 is 34.0 Å². The first kappa shape index (κ1) is 26.6. The molecule has 11 nitrogen and oxygen atoms in total. The van der Waals surface area contributed by atoms with Gasteiger partial charge < -0.3 is 21.1 Å². The fourth-order valence-electron chi connectivity index (χ4n) is 4.72. The van der Waals surface area contributed by atoms with Crippen LogP contribution in [0, 0.1) is 5.92 Å². The minimum atomic E-state index is -4.02. The first-order valence-electron chi connectivity index (χ1n) is 12.2. The lowest BCUT2D eigenvalue weighted by molar-refractivity contribution is -0.148. The number of amides is 1. The van der Waals surface area contributed by atoms with E-state index in [1.54, 1.807) is 24.4 Å². The molecular weight excluding hydrogens is 552 g/mol. The Hall–Kier alpha value is -3.00. The van der Waals surface area contributed by atoms with E-state index in [0.29, 0.717) is 32.8 Å². The summed E-state index contributed by atoms with van der Waals surface area (Å²) in [7, 11) is -4.02. The van der Waals surface area contributed by atoms with Gasteiger partial charge in [-0.15, -0.1) is 0 Å². The molecule has 14 heteroatoms. The number of benzene rings is 1. The molecule has 0 spiro atoms. The number of halogens is 1. The number of nitrogens with zero attached hydrogens (tertiary/aromatic N) is 3. The standard InChI is InChI=1S/C24H27ClN6O5S2/c25-17-10-16-14(4-6-27-21(16)26)8-15(17)9-19(23(33)34)31-7-5-18(22(31)32)30-38(35,36)20-12-29-24(37-20)28-11-13-2-1-3-13/h4,6,8,10,12-13,18-19,30H,1-3,5,7,9,11H2,(H2,26,27)(H,28,29)(H,33,34)/t18-,19+/m0/s1. The van der Waals surface area contributed by atoms with Crippen molar-refractivity contribution in [2.24, 2.45) is 5.92 Å². The molecule has 1 saturated heterocycles. The molecule has 2 aliphatic rings. The van der Waals surface area contributed by atoms with Gasteiger partial charge in [-0.05, 0) is 54.3 Å². The van der Waals surface area contributed by atoms with Crippen molar-refractivity contribution in [3.05, 3.63) is 41.2 Å². The van der Waals surface area contributed by atoms with Crippen LogP contribution in [0.4, 0.5) is 10.9 Å². The second kappa shape index (κ2) is 10.6. The summed E-state index contributed by atoms with van der Waals surface area (Å²) in [6.45, 7) is 0.834. The maximum Gasteiger partial charge on any atom is 0.326 e. The van der Waals surface area contributed by atoms with E-state index in [2.05, 4.69) is 20.0 Å². The fraction of sp³-hybridized carbons (Fsp3) is 0.417. The number of thiazole rings is 1. The number of nitrogens with one attached hydrogen (secondary N) is 2. The van der Waals surface area contributed by atoms with Gasteiger partial charge in [0.2, 0.25) is 5.91 Å². The van der Waals surface area contributed by atoms with E-state index in [9.17, 15) is 23.1 Å². The predicted molar refractivity (Wildman–Crippen MR) is 145 cm³/mol. The van der Waals surface area contributed by atoms with Crippen LogP contribution in [0.15, 0.2) is 34.8 Å². The number of sulfonamides is 1. The number of pyridine rings is 1. The van der Waals surface area contributed by atoms with Crippen LogP contribution in [0.3, 0.4) is 0 Å². The fourth-order valence-corrected chi connectivity index (χ4v) is 7.24. The molecule has 1 aliphatic heterocycles. The molecular formula is C24H27ClN6O5S2. The molecule has 3 aromatic rings. The smallest absolute Gasteiger partial charge is 0.326 e. The largest absolute Gasteiger partial charge is 0.480 e. The van der Waals surface area contributed by atoms with Crippen molar-refractivity contribution in [1.29, 1.82) is 0 Å². The van der Waals surface area contributed by atoms with Crippen LogP contribution in [0.5, 0.6) is 0 Å². The second-order valence-electron chi connectivity index (χ2n) is 9.58. The van der Waals surface area contributed by atoms with Crippen LogP contribution < -0.4 is 15.8 Å². The molecule has 1 aromatic carbocycles. The van der Waals surface area contributed by atoms with Gasteiger partial charge in [0.1, 0.15) is 17.9 Å². The van der Waals surface area contributed by atoms with Crippen LogP contribution in [0.2, 0.25) is 5.02 Å². The number of aliphatic carboxylic acids is 1. The van der Waals surface area contributed by atoms with Crippen LogP contribution in [-0.2, 0) is 26.0 Å². The average molecular weight is 579 g/mol. The van der Waals surface area contributed by atoms with E-state index in [1.807, 2.05) is 0 Å². The molecule has 38 heavy (non-hydrogen) atoms. The van der Waals surface area contributed by atoms with Crippen molar-refractivity contribution in [3.8, 4) is 0 Å². The molecule has 3 heterocycles. The van der Waals surface area contributed by atoms with E-state index in [4.69, 9.17) is 17.3 Å². The van der Waals surface area contributed by atoms with Gasteiger partial charge in [-0.3, -0.25) is 4.79 Å². The number of nitrogen functional groups attached to an aromatic ring is 1. The Balaban J connectivity index is 1.27. The number of nitrogens with two attached hydrogens (primary N) is 1. The number of anilines is 2. The number of hydrogen-bond acceptors (Lipinski definition) is 9. The van der Waals surface area contributed by atoms with E-state index in [1.165, 1.54) is 17.5 Å². The highest BCUT2D eigenvalue weighted by Crippen LogP contribution is 2.31. The van der Waals surface area contributed by atoms with Gasteiger partial charge in [-0.2, -0.15) is 4.72 Å². The molecule has 5 rings (SSSR count). The van der Waals surface area contributed by atoms with Gasteiger partial charge in [0.05, 0.1) is 6.20 Å². The summed E-state index contributed by atoms with van der Waals surface area (Å²) in [6, 6.07) is 2.79. The van der Waals surface area contributed by atoms with Gasteiger partial charge in [0, 0.05) is 36.1 Å². The van der Waals surface area contributed by atoms with E-state index >= 15 is 0 Å². The third-order valence-corrected chi connectivity index (χ3v) is 10.3. The van der Waals surface area contributed by atoms with Crippen LogP contribution >= 0.6 is 22.9 Å². The molecule has 2 atom stereocenters. The molecule has 0 radical (unpaired) electrons. The summed E-state index contributed by atoms with van der Waals surface area (Å²) < 4.78 is 28.4. The zero-order valence-electron chi connectivity index (χ0n) is 20.3. The molecule has 2 aromatic heterocycles. The third-order valence-electron chi connectivity index (χ3n) is 7.09. The maximum absolute atomic E-state index is 13.2. The molecule has 5 N–H and O–H groups in total. The Morgan fingerprint density at radius 1 is 1.29 bits per heavy atom. The van der Waals surface area contributed by atoms with Gasteiger partial charge in [-0.1, -0.05) is 29.4 Å². The van der Waals surface area contributed by atoms with Crippen molar-refractivity contribution < 1.29 is 23.1 Å². The van der Waals surface area contributed by atoms with Gasteiger partial charge in [0.25, 0.3) is 10.0 Å². The van der Waals surface area contributed by atoms with Crippen LogP contribution in [0.1, 0.15) is 31.2 Å². The number of rotatable bonds is 10. The number of hydrogen-bond donors (Lipinski definition) is 4. The molecule has 1 amide bonds. The molecule has 0 unspecified atom stereocenters. The Morgan fingerprint density at radius 2 is 2.08 bits per heavy atom. The van der Waals surface area contributed by atoms with Crippen LogP contribution in [-0.4, -0.2) is 65.4 Å². The first-order valence-corrected chi connectivity index (χ1v) is 14.9. The summed E-state index contributed by atoms with van der Waals surface area (Å²) in [5, 5.41) is 15.3. The highest BCUT2D eigenvalue weighted by Gasteiger charge is 2.41. The quantitative estimate of drug-likeness (QED) is 0.283. The van der Waals surface area contributed by atoms with Crippen molar-refractivity contribution in [1.82, 2.24) is 19.6 Å². The summed E-state index contributed by atoms with van der Waals surface area (Å²) >= 11 is 7.42. The number of carbonyl (C=O) groups is 2. The lowest BCUT2D eigenvalue weighted by Crippen LogP contribution is -2.48. The SMILES string of the molecule is Nc1nccc2cc(C[C@H](C(=O)O)N3CC[C@H](NS(=O)(=O)c4cnc(NCC5CCC5)s4)C3=O)c(Cl)cc12. The molecule has 1 aliphatic carbocycles. The summed E-state index contributed by atoms with van der Waals surface area (Å²) in [5.74, 6) is -0.921. The number of likely N-dealkylation sites (tertiary alicyclic amines) is 1. The monoisotopic (exact) mass is 578 g/mol. The lowest BCUT2D eigenvalue weighted by atomic mass is 9.86. The summed E-state index contributed by atoms with van der Waals surface area (Å²) in [6.07, 6.45) is 6.41. The highest BCUT2D eigenvalue weighted by molar-refractivity contribution is 7.91. The molecule has 202 valence electrons. The molecule has 1 saturated carbocycles. The minimum absolute atomic E-state index is 0.00801. The average Bonchev–Trinajstić information content (AvgIpc) is 3.45. The van der Waals surface area contributed by atoms with Crippen molar-refractivity contribution in [2.45, 2.75) is 48.4 Å². The Kier molecular flexibility index (Phi) is 7.45. The van der Waals surface area contributed by atoms with Crippen molar-refractivity contribution >= 4 is 66.6 Å². The first-order chi connectivity index (χ1) is 18.1. The van der Waals surface area contributed by atoms with Gasteiger partial charge in [-0.25, -0.2) is 23.2 Å². The number of fused-ring (bicyclic) bond motifs is 1. The Labute approximate surface area is 228 Å². The number of carboxylic acid groups (broad SMARTS) is 1. The predicted octanol–water partition coefficient (Wildman–Crippen LogP) is 2.71. The Morgan fingerprint density at radius 3 is 2.79 bits per heavy atom. The maximum atomic E-state index is 13.2. The summed E-state index contributed by atoms with van der Waals surface area (Å²) in [5.41, 5.74) is 6.44. The zero-order chi connectivity index (χ0) is 27.0. The lowest BCUT2D eigenvalue weighted by Gasteiger charge is -2.25.